The molecule has 0 unspecified atom stereocenters. The first kappa shape index (κ1) is 42.1. The maximum absolute atomic E-state index is 14.9. The first-order valence-electron chi connectivity index (χ1n) is 20.1. The largest absolute Gasteiger partial charge is 0.467 e. The van der Waals surface area contributed by atoms with Crippen LogP contribution in [-0.4, -0.2) is 71.7 Å². The van der Waals surface area contributed by atoms with Crippen LogP contribution in [0.4, 0.5) is 4.79 Å². The Kier molecular flexibility index (Phi) is 14.4. The molecule has 3 amide bonds. The van der Waals surface area contributed by atoms with E-state index in [0.29, 0.717) is 12.8 Å². The Morgan fingerprint density at radius 3 is 1.71 bits per heavy atom. The van der Waals surface area contributed by atoms with Crippen LogP contribution in [0.1, 0.15) is 60.4 Å². The number of methoxy groups -OCH3 is 1. The van der Waals surface area contributed by atoms with Crippen LogP contribution in [0.3, 0.4) is 0 Å². The molecule has 0 aromatic heterocycles. The molecule has 10 nitrogen and oxygen atoms in total. The van der Waals surface area contributed by atoms with Crippen LogP contribution < -0.4 is 5.32 Å². The molecule has 1 aliphatic rings. The molecule has 1 N–H and O–H groups in total. The summed E-state index contributed by atoms with van der Waals surface area (Å²) in [5, 5.41) is 3.29. The lowest BCUT2D eigenvalue weighted by atomic mass is 9.77. The van der Waals surface area contributed by atoms with Crippen molar-refractivity contribution in [1.29, 1.82) is 0 Å². The summed E-state index contributed by atoms with van der Waals surface area (Å²) < 4.78 is 11.0. The Morgan fingerprint density at radius 1 is 0.712 bits per heavy atom. The minimum Gasteiger partial charge on any atom is -0.467 e. The summed E-state index contributed by atoms with van der Waals surface area (Å²) in [5.41, 5.74) is 2.94. The van der Waals surface area contributed by atoms with Crippen molar-refractivity contribution < 1.29 is 33.4 Å². The third-order valence-electron chi connectivity index (χ3n) is 10.9. The van der Waals surface area contributed by atoms with Gasteiger partial charge in [-0.1, -0.05) is 159 Å². The molecule has 0 bridgehead atoms. The third kappa shape index (κ3) is 10.5. The number of aryl methyl sites for hydroxylation is 1. The van der Waals surface area contributed by atoms with Crippen LogP contribution in [0.15, 0.2) is 152 Å². The van der Waals surface area contributed by atoms with Crippen molar-refractivity contribution in [3.05, 3.63) is 179 Å². The molecular weight excluding hydrogens is 743 g/mol. The number of Topliss-reactive ketones (excluding diaryl/α,β-unsaturated/α-hetero) is 1. The number of esters is 1. The lowest BCUT2D eigenvalue weighted by Gasteiger charge is -2.38. The van der Waals surface area contributed by atoms with E-state index in [1.54, 1.807) is 0 Å². The van der Waals surface area contributed by atoms with E-state index in [0.717, 1.165) is 27.8 Å². The van der Waals surface area contributed by atoms with Gasteiger partial charge in [0.1, 0.15) is 30.0 Å². The summed E-state index contributed by atoms with van der Waals surface area (Å²) in [7, 11) is 1.20. The summed E-state index contributed by atoms with van der Waals surface area (Å²) >= 11 is 0. The van der Waals surface area contributed by atoms with Crippen LogP contribution in [0, 0.1) is 5.92 Å². The molecule has 10 heteroatoms. The molecule has 3 atom stereocenters. The molecule has 1 fully saturated rings. The van der Waals surface area contributed by atoms with Crippen LogP contribution >= 0.6 is 0 Å². The highest BCUT2D eigenvalue weighted by Gasteiger charge is 2.45. The number of nitrogens with zero attached hydrogens (tertiary/aromatic N) is 2. The van der Waals surface area contributed by atoms with Gasteiger partial charge in [0.05, 0.1) is 13.5 Å². The Morgan fingerprint density at radius 2 is 1.20 bits per heavy atom. The minimum atomic E-state index is -1.42. The highest BCUT2D eigenvalue weighted by Crippen LogP contribution is 2.37. The molecule has 0 radical (unpaired) electrons. The first-order chi connectivity index (χ1) is 28.7. The van der Waals surface area contributed by atoms with E-state index in [-0.39, 0.29) is 44.2 Å². The fraction of sp³-hybridized carbons (Fsp3) is 0.286. The van der Waals surface area contributed by atoms with Crippen molar-refractivity contribution in [2.45, 2.75) is 63.3 Å². The number of nitrogens with one attached hydrogen (secondary N) is 1. The lowest BCUT2D eigenvalue weighted by molar-refractivity contribution is -0.156. The Labute approximate surface area is 346 Å². The molecule has 1 heterocycles. The second kappa shape index (κ2) is 20.2. The van der Waals surface area contributed by atoms with E-state index < -0.39 is 47.9 Å². The molecule has 1 aliphatic heterocycles. The average Bonchev–Trinajstić information content (AvgIpc) is 3.69. The van der Waals surface area contributed by atoms with Gasteiger partial charge in [-0.2, -0.15) is 0 Å². The zero-order chi connectivity index (χ0) is 41.6. The van der Waals surface area contributed by atoms with Gasteiger partial charge in [0, 0.05) is 25.9 Å². The second-order valence-electron chi connectivity index (χ2n) is 15.0. The fourth-order valence-electron chi connectivity index (χ4n) is 7.87. The van der Waals surface area contributed by atoms with Crippen LogP contribution in [0.2, 0.25) is 0 Å². The van der Waals surface area contributed by atoms with Gasteiger partial charge >= 0.3 is 12.1 Å². The molecule has 0 saturated carbocycles. The number of ether oxygens (including phenoxy) is 2. The van der Waals surface area contributed by atoms with Crippen LogP contribution in [0.5, 0.6) is 0 Å². The zero-order valence-corrected chi connectivity index (χ0v) is 33.6. The Balaban J connectivity index is 1.32. The molecule has 6 rings (SSSR count). The lowest BCUT2D eigenvalue weighted by Crippen LogP contribution is -2.56. The summed E-state index contributed by atoms with van der Waals surface area (Å²) in [5.74, 6) is -2.10. The van der Waals surface area contributed by atoms with Crippen molar-refractivity contribution >= 4 is 29.7 Å². The fourth-order valence-corrected chi connectivity index (χ4v) is 7.87. The smallest absolute Gasteiger partial charge is 0.410 e. The van der Waals surface area contributed by atoms with Gasteiger partial charge in [-0.05, 0) is 46.6 Å². The second-order valence-corrected chi connectivity index (χ2v) is 15.0. The molecule has 0 spiro atoms. The zero-order valence-electron chi connectivity index (χ0n) is 33.6. The Hall–Kier alpha value is -6.55. The molecule has 1 saturated heterocycles. The number of amides is 3. The quantitative estimate of drug-likeness (QED) is 0.0765. The van der Waals surface area contributed by atoms with E-state index in [2.05, 4.69) is 5.32 Å². The summed E-state index contributed by atoms with van der Waals surface area (Å²) in [4.78, 5) is 73.2. The van der Waals surface area contributed by atoms with E-state index >= 15 is 0 Å². The number of carbonyl (C=O) groups excluding carboxylic acids is 5. The van der Waals surface area contributed by atoms with Gasteiger partial charge in [-0.3, -0.25) is 19.3 Å². The van der Waals surface area contributed by atoms with E-state index in [1.165, 1.54) is 16.9 Å². The maximum atomic E-state index is 14.9. The number of hydrogen-bond donors (Lipinski definition) is 1. The summed E-state index contributed by atoms with van der Waals surface area (Å²) in [6.45, 7) is 2.04. The van der Waals surface area contributed by atoms with Crippen molar-refractivity contribution in [3.63, 3.8) is 0 Å². The van der Waals surface area contributed by atoms with Gasteiger partial charge in [0.25, 0.3) is 0 Å². The summed E-state index contributed by atoms with van der Waals surface area (Å²) in [6, 6.07) is 45.1. The number of benzene rings is 5. The van der Waals surface area contributed by atoms with Crippen LogP contribution in [0.25, 0.3) is 0 Å². The number of hydrogen-bond acceptors (Lipinski definition) is 7. The van der Waals surface area contributed by atoms with Crippen molar-refractivity contribution in [2.75, 3.05) is 20.2 Å². The van der Waals surface area contributed by atoms with Gasteiger partial charge in [-0.15, -0.1) is 0 Å². The van der Waals surface area contributed by atoms with E-state index in [1.807, 2.05) is 159 Å². The molecule has 0 aliphatic carbocycles. The molecular formula is C49H51N3O7. The topological polar surface area (TPSA) is 122 Å². The third-order valence-corrected chi connectivity index (χ3v) is 10.9. The van der Waals surface area contributed by atoms with Crippen molar-refractivity contribution in [1.82, 2.24) is 15.1 Å². The van der Waals surface area contributed by atoms with Crippen molar-refractivity contribution in [2.24, 2.45) is 5.92 Å². The normalized spacial score (nSPS) is 15.5. The maximum Gasteiger partial charge on any atom is 0.410 e. The van der Waals surface area contributed by atoms with Gasteiger partial charge in [-0.25, -0.2) is 9.59 Å². The number of likely N-dealkylation sites (tertiary alicyclic amines) is 1. The number of ketones is 1. The highest BCUT2D eigenvalue weighted by molar-refractivity contribution is 5.93. The number of rotatable bonds is 17. The molecule has 304 valence electrons. The van der Waals surface area contributed by atoms with Crippen molar-refractivity contribution in [3.8, 4) is 0 Å². The SMILES string of the molecule is COC(=O)[C@@H](CC(=O)NC(c1ccccc1)(c1ccccc1)c1ccccc1)N(CCC(=O)CCc1ccccc1)C(=O)[C@@H]1C[C@@H](C)CN1C(=O)OCc1ccccc1. The minimum absolute atomic E-state index is 0.0159. The summed E-state index contributed by atoms with van der Waals surface area (Å²) in [6.07, 6.45) is -0.181. The monoisotopic (exact) mass is 793 g/mol. The molecule has 5 aromatic carbocycles. The first-order valence-corrected chi connectivity index (χ1v) is 20.1. The number of carbonyl (C=O) groups is 5. The van der Waals surface area contributed by atoms with Gasteiger partial charge in [0.2, 0.25) is 11.8 Å². The van der Waals surface area contributed by atoms with Gasteiger partial charge in [0.15, 0.2) is 0 Å². The predicted octanol–water partition coefficient (Wildman–Crippen LogP) is 7.49. The van der Waals surface area contributed by atoms with Crippen LogP contribution in [-0.2, 0) is 47.2 Å². The van der Waals surface area contributed by atoms with Gasteiger partial charge < -0.3 is 19.7 Å². The van der Waals surface area contributed by atoms with E-state index in [9.17, 15) is 24.0 Å². The van der Waals surface area contributed by atoms with E-state index in [4.69, 9.17) is 9.47 Å². The Bertz CT molecular complexity index is 2050. The standard InChI is InChI=1S/C49H51N3O7/c1-36-32-43(52(34-36)48(57)59-35-38-20-10-4-11-21-38)46(55)51(31-30-42(53)29-28-37-18-8-3-9-19-37)44(47(56)58-2)33-45(54)50-49(39-22-12-5-13-23-39,40-24-14-6-15-25-40)41-26-16-7-17-27-41/h3-27,36,43-44H,28-35H2,1-2H3,(H,50,54)/t36-,43+,44-/m1/s1. The molecule has 59 heavy (non-hydrogen) atoms. The predicted molar refractivity (Wildman–Crippen MR) is 225 cm³/mol. The highest BCUT2D eigenvalue weighted by atomic mass is 16.6. The molecule has 5 aromatic rings. The average molecular weight is 794 g/mol.